The van der Waals surface area contributed by atoms with Crippen LogP contribution in [0.4, 0.5) is 0 Å². The third-order valence-electron chi connectivity index (χ3n) is 2.63. The van der Waals surface area contributed by atoms with Crippen LogP contribution < -0.4 is 5.32 Å². The number of hydrogen-bond acceptors (Lipinski definition) is 2. The topological polar surface area (TPSA) is 49.3 Å². The Bertz CT molecular complexity index is 302. The summed E-state index contributed by atoms with van der Waals surface area (Å²) in [5, 5.41) is 12.0. The van der Waals surface area contributed by atoms with E-state index in [4.69, 9.17) is 5.11 Å². The lowest BCUT2D eigenvalue weighted by Crippen LogP contribution is -2.26. The second-order valence-corrected chi connectivity index (χ2v) is 3.54. The van der Waals surface area contributed by atoms with Crippen LogP contribution in [0.1, 0.15) is 25.7 Å². The molecule has 0 unspecified atom stereocenters. The molecule has 70 valence electrons. The fourth-order valence-corrected chi connectivity index (χ4v) is 1.89. The largest absolute Gasteiger partial charge is 0.478 e. The minimum absolute atomic E-state index is 0.480. The van der Waals surface area contributed by atoms with Gasteiger partial charge in [-0.2, -0.15) is 0 Å². The van der Waals surface area contributed by atoms with Gasteiger partial charge in [0.1, 0.15) is 0 Å². The molecular formula is C10H13NO2. The predicted octanol–water partition coefficient (Wildman–Crippen LogP) is 1.43. The molecule has 0 aromatic heterocycles. The molecule has 3 nitrogen and oxygen atoms in total. The van der Waals surface area contributed by atoms with E-state index in [1.807, 2.05) is 6.08 Å². The van der Waals surface area contributed by atoms with E-state index in [1.54, 1.807) is 0 Å². The maximum Gasteiger partial charge on any atom is 0.333 e. The van der Waals surface area contributed by atoms with Gasteiger partial charge in [-0.05, 0) is 37.3 Å². The molecule has 0 radical (unpaired) electrons. The van der Waals surface area contributed by atoms with Crippen LogP contribution in [0.3, 0.4) is 0 Å². The Balaban J connectivity index is 2.25. The van der Waals surface area contributed by atoms with Crippen LogP contribution in [-0.4, -0.2) is 17.6 Å². The number of rotatable bonds is 1. The Hall–Kier alpha value is -1.25. The molecule has 0 aromatic carbocycles. The lowest BCUT2D eigenvalue weighted by atomic mass is 9.92. The van der Waals surface area contributed by atoms with Crippen LogP contribution >= 0.6 is 0 Å². The average Bonchev–Trinajstić information content (AvgIpc) is 2.17. The van der Waals surface area contributed by atoms with E-state index in [0.717, 1.165) is 12.8 Å². The van der Waals surface area contributed by atoms with Gasteiger partial charge in [0, 0.05) is 12.2 Å². The number of carboxylic acids is 1. The summed E-state index contributed by atoms with van der Waals surface area (Å²) in [4.78, 5) is 10.7. The van der Waals surface area contributed by atoms with Crippen molar-refractivity contribution in [3.63, 3.8) is 0 Å². The quantitative estimate of drug-likeness (QED) is 0.640. The monoisotopic (exact) mass is 179 g/mol. The molecule has 0 saturated heterocycles. The van der Waals surface area contributed by atoms with Crippen LogP contribution in [0.15, 0.2) is 22.9 Å². The second kappa shape index (κ2) is 3.24. The number of allylic oxidation sites excluding steroid dienone is 3. The van der Waals surface area contributed by atoms with Gasteiger partial charge in [0.2, 0.25) is 0 Å². The Morgan fingerprint density at radius 1 is 1.38 bits per heavy atom. The van der Waals surface area contributed by atoms with Crippen molar-refractivity contribution in [3.05, 3.63) is 22.9 Å². The minimum Gasteiger partial charge on any atom is -0.478 e. The standard InChI is InChI=1S/C10H13NO2/c12-10(13)8-5-7-3-1-2-4-9(7)11-6-8/h5,11H,1-4,6H2,(H,12,13). The highest BCUT2D eigenvalue weighted by molar-refractivity contribution is 5.88. The second-order valence-electron chi connectivity index (χ2n) is 3.54. The van der Waals surface area contributed by atoms with Gasteiger partial charge in [-0.25, -0.2) is 4.79 Å². The molecule has 13 heavy (non-hydrogen) atoms. The first-order chi connectivity index (χ1) is 6.27. The molecule has 0 atom stereocenters. The van der Waals surface area contributed by atoms with E-state index < -0.39 is 5.97 Å². The van der Waals surface area contributed by atoms with Crippen LogP contribution in [0.2, 0.25) is 0 Å². The molecule has 2 aliphatic rings. The third-order valence-corrected chi connectivity index (χ3v) is 2.63. The number of aliphatic carboxylic acids is 1. The highest BCUT2D eigenvalue weighted by atomic mass is 16.4. The molecule has 0 amide bonds. The number of nitrogens with one attached hydrogen (secondary N) is 1. The van der Waals surface area contributed by atoms with Crippen LogP contribution in [0.5, 0.6) is 0 Å². The average molecular weight is 179 g/mol. The maximum absolute atomic E-state index is 10.7. The molecule has 0 fully saturated rings. The van der Waals surface area contributed by atoms with Crippen LogP contribution in [-0.2, 0) is 4.79 Å². The van der Waals surface area contributed by atoms with Gasteiger partial charge in [-0.1, -0.05) is 0 Å². The Morgan fingerprint density at radius 2 is 2.15 bits per heavy atom. The molecule has 3 heteroatoms. The van der Waals surface area contributed by atoms with Crippen molar-refractivity contribution in [1.82, 2.24) is 5.32 Å². The predicted molar refractivity (Wildman–Crippen MR) is 49.2 cm³/mol. The summed E-state index contributed by atoms with van der Waals surface area (Å²) >= 11 is 0. The van der Waals surface area contributed by atoms with Crippen molar-refractivity contribution in [2.45, 2.75) is 25.7 Å². The third kappa shape index (κ3) is 1.59. The molecule has 0 spiro atoms. The van der Waals surface area contributed by atoms with Crippen molar-refractivity contribution in [2.75, 3.05) is 6.54 Å². The molecular weight excluding hydrogens is 166 g/mol. The lowest BCUT2D eigenvalue weighted by Gasteiger charge is -2.24. The van der Waals surface area contributed by atoms with Crippen molar-refractivity contribution in [2.24, 2.45) is 0 Å². The molecule has 0 aromatic rings. The lowest BCUT2D eigenvalue weighted by molar-refractivity contribution is -0.132. The zero-order chi connectivity index (χ0) is 9.26. The number of carbonyl (C=O) groups is 1. The summed E-state index contributed by atoms with van der Waals surface area (Å²) in [6.45, 7) is 0.480. The molecule has 1 aliphatic carbocycles. The summed E-state index contributed by atoms with van der Waals surface area (Å²) in [6, 6.07) is 0. The zero-order valence-electron chi connectivity index (χ0n) is 7.47. The number of hydrogen-bond donors (Lipinski definition) is 2. The van der Waals surface area contributed by atoms with Crippen molar-refractivity contribution < 1.29 is 9.90 Å². The molecule has 0 saturated carbocycles. The van der Waals surface area contributed by atoms with E-state index in [-0.39, 0.29) is 0 Å². The molecule has 1 heterocycles. The number of dihydropyridines is 1. The van der Waals surface area contributed by atoms with Gasteiger partial charge in [0.05, 0.1) is 5.57 Å². The van der Waals surface area contributed by atoms with E-state index in [9.17, 15) is 4.79 Å². The van der Waals surface area contributed by atoms with Crippen LogP contribution in [0.25, 0.3) is 0 Å². The Kier molecular flexibility index (Phi) is 2.08. The van der Waals surface area contributed by atoms with Crippen LogP contribution in [0, 0.1) is 0 Å². The van der Waals surface area contributed by atoms with E-state index in [1.165, 1.54) is 24.1 Å². The maximum atomic E-state index is 10.7. The van der Waals surface area contributed by atoms with Crippen molar-refractivity contribution in [1.29, 1.82) is 0 Å². The Labute approximate surface area is 77.1 Å². The van der Waals surface area contributed by atoms with Gasteiger partial charge < -0.3 is 10.4 Å². The van der Waals surface area contributed by atoms with E-state index in [0.29, 0.717) is 12.1 Å². The first-order valence-corrected chi connectivity index (χ1v) is 4.67. The van der Waals surface area contributed by atoms with Crippen molar-refractivity contribution >= 4 is 5.97 Å². The molecule has 1 aliphatic heterocycles. The first-order valence-electron chi connectivity index (χ1n) is 4.67. The fourth-order valence-electron chi connectivity index (χ4n) is 1.89. The number of carboxylic acid groups (broad SMARTS) is 1. The van der Waals surface area contributed by atoms with E-state index in [2.05, 4.69) is 5.32 Å². The zero-order valence-corrected chi connectivity index (χ0v) is 7.47. The fraction of sp³-hybridized carbons (Fsp3) is 0.500. The van der Waals surface area contributed by atoms with Gasteiger partial charge in [0.15, 0.2) is 0 Å². The molecule has 0 bridgehead atoms. The van der Waals surface area contributed by atoms with Gasteiger partial charge >= 0.3 is 5.97 Å². The SMILES string of the molecule is O=C(O)C1=CC2=C(CCCC2)NC1. The van der Waals surface area contributed by atoms with Gasteiger partial charge in [0.25, 0.3) is 0 Å². The minimum atomic E-state index is -0.801. The first kappa shape index (κ1) is 8.35. The van der Waals surface area contributed by atoms with Gasteiger partial charge in [-0.15, -0.1) is 0 Å². The normalized spacial score (nSPS) is 21.7. The molecule has 2 N–H and O–H groups in total. The summed E-state index contributed by atoms with van der Waals surface area (Å²) in [5.41, 5.74) is 2.95. The Morgan fingerprint density at radius 3 is 2.92 bits per heavy atom. The smallest absolute Gasteiger partial charge is 0.333 e. The summed E-state index contributed by atoms with van der Waals surface area (Å²) in [5.74, 6) is -0.801. The summed E-state index contributed by atoms with van der Waals surface area (Å²) in [7, 11) is 0. The summed E-state index contributed by atoms with van der Waals surface area (Å²) in [6.07, 6.45) is 6.36. The highest BCUT2D eigenvalue weighted by Gasteiger charge is 2.18. The molecule has 2 rings (SSSR count). The van der Waals surface area contributed by atoms with E-state index >= 15 is 0 Å². The summed E-state index contributed by atoms with van der Waals surface area (Å²) < 4.78 is 0. The van der Waals surface area contributed by atoms with Crippen molar-refractivity contribution in [3.8, 4) is 0 Å². The highest BCUT2D eigenvalue weighted by Crippen LogP contribution is 2.27. The van der Waals surface area contributed by atoms with Gasteiger partial charge in [-0.3, -0.25) is 0 Å².